The van der Waals surface area contributed by atoms with Gasteiger partial charge in [-0.2, -0.15) is 0 Å². The topological polar surface area (TPSA) is 47.6 Å². The molecule has 1 saturated heterocycles. The fourth-order valence-electron chi connectivity index (χ4n) is 1.98. The summed E-state index contributed by atoms with van der Waals surface area (Å²) in [6.45, 7) is 0.494. The molecule has 1 amide bonds. The molecular formula is C15H13NO3. The van der Waals surface area contributed by atoms with Crippen molar-refractivity contribution in [1.29, 1.82) is 0 Å². The largest absolute Gasteiger partial charge is 0.457 e. The van der Waals surface area contributed by atoms with Crippen LogP contribution in [0.15, 0.2) is 54.6 Å². The molecule has 1 unspecified atom stereocenters. The average molecular weight is 255 g/mol. The Morgan fingerprint density at radius 3 is 2.58 bits per heavy atom. The van der Waals surface area contributed by atoms with E-state index in [0.29, 0.717) is 6.54 Å². The Bertz CT molecular complexity index is 583. The molecule has 1 atom stereocenters. The van der Waals surface area contributed by atoms with E-state index in [0.717, 1.165) is 17.1 Å². The lowest BCUT2D eigenvalue weighted by Crippen LogP contribution is -2.12. The highest BCUT2D eigenvalue weighted by Crippen LogP contribution is 2.27. The molecule has 19 heavy (non-hydrogen) atoms. The molecule has 0 saturated carbocycles. The van der Waals surface area contributed by atoms with Crippen LogP contribution in [0.2, 0.25) is 0 Å². The van der Waals surface area contributed by atoms with Gasteiger partial charge in [0.25, 0.3) is 0 Å². The van der Waals surface area contributed by atoms with E-state index in [2.05, 4.69) is 5.32 Å². The van der Waals surface area contributed by atoms with Crippen molar-refractivity contribution in [2.45, 2.75) is 6.10 Å². The van der Waals surface area contributed by atoms with Crippen molar-refractivity contribution in [2.24, 2.45) is 0 Å². The molecule has 4 heteroatoms. The first-order chi connectivity index (χ1) is 9.31. The lowest BCUT2D eigenvalue weighted by atomic mass is 10.1. The zero-order valence-corrected chi connectivity index (χ0v) is 10.2. The van der Waals surface area contributed by atoms with Crippen LogP contribution in [0.4, 0.5) is 4.79 Å². The number of para-hydroxylation sites is 1. The van der Waals surface area contributed by atoms with Gasteiger partial charge in [-0.05, 0) is 29.8 Å². The fraction of sp³-hybridized carbons (Fsp3) is 0.133. The predicted molar refractivity (Wildman–Crippen MR) is 70.2 cm³/mol. The van der Waals surface area contributed by atoms with Crippen LogP contribution in [-0.2, 0) is 4.74 Å². The molecule has 4 nitrogen and oxygen atoms in total. The Kier molecular flexibility index (Phi) is 3.06. The van der Waals surface area contributed by atoms with Crippen molar-refractivity contribution in [3.63, 3.8) is 0 Å². The molecule has 1 N–H and O–H groups in total. The van der Waals surface area contributed by atoms with Gasteiger partial charge in [0.15, 0.2) is 0 Å². The van der Waals surface area contributed by atoms with Crippen molar-refractivity contribution in [1.82, 2.24) is 5.32 Å². The van der Waals surface area contributed by atoms with Crippen molar-refractivity contribution in [2.75, 3.05) is 6.54 Å². The third-order valence-corrected chi connectivity index (χ3v) is 2.89. The molecule has 0 spiro atoms. The molecule has 2 aromatic rings. The van der Waals surface area contributed by atoms with Crippen LogP contribution in [0.1, 0.15) is 11.7 Å². The zero-order valence-electron chi connectivity index (χ0n) is 10.2. The smallest absolute Gasteiger partial charge is 0.407 e. The van der Waals surface area contributed by atoms with Crippen molar-refractivity contribution < 1.29 is 14.3 Å². The second-order valence-corrected chi connectivity index (χ2v) is 4.26. The summed E-state index contributed by atoms with van der Waals surface area (Å²) in [5.41, 5.74) is 0.923. The summed E-state index contributed by atoms with van der Waals surface area (Å²) >= 11 is 0. The first-order valence-electron chi connectivity index (χ1n) is 6.08. The number of amides is 1. The normalized spacial score (nSPS) is 17.7. The van der Waals surface area contributed by atoms with Crippen LogP contribution in [0.25, 0.3) is 0 Å². The molecular weight excluding hydrogens is 242 g/mol. The average Bonchev–Trinajstić information content (AvgIpc) is 2.87. The highest BCUT2D eigenvalue weighted by Gasteiger charge is 2.24. The van der Waals surface area contributed by atoms with Crippen LogP contribution in [0.3, 0.4) is 0 Å². The minimum absolute atomic E-state index is 0.244. The summed E-state index contributed by atoms with van der Waals surface area (Å²) in [7, 11) is 0. The van der Waals surface area contributed by atoms with E-state index in [-0.39, 0.29) is 12.2 Å². The van der Waals surface area contributed by atoms with Gasteiger partial charge >= 0.3 is 6.09 Å². The Morgan fingerprint density at radius 2 is 1.84 bits per heavy atom. The van der Waals surface area contributed by atoms with Crippen LogP contribution < -0.4 is 10.1 Å². The van der Waals surface area contributed by atoms with Gasteiger partial charge in [0, 0.05) is 0 Å². The number of hydrogen-bond donors (Lipinski definition) is 1. The number of ether oxygens (including phenoxy) is 2. The number of benzene rings is 2. The number of carbonyl (C=O) groups excluding carboxylic acids is 1. The molecule has 1 fully saturated rings. The maximum Gasteiger partial charge on any atom is 0.407 e. The second-order valence-electron chi connectivity index (χ2n) is 4.26. The number of hydrogen-bond acceptors (Lipinski definition) is 3. The van der Waals surface area contributed by atoms with Gasteiger partial charge in [0.05, 0.1) is 6.54 Å². The minimum atomic E-state index is -0.376. The predicted octanol–water partition coefficient (Wildman–Crippen LogP) is 3.26. The first kappa shape index (κ1) is 11.6. The number of alkyl carbamates (subject to hydrolysis) is 1. The van der Waals surface area contributed by atoms with Crippen molar-refractivity contribution in [3.8, 4) is 11.5 Å². The Labute approximate surface area is 111 Å². The van der Waals surface area contributed by atoms with E-state index in [4.69, 9.17) is 9.47 Å². The monoisotopic (exact) mass is 255 g/mol. The Morgan fingerprint density at radius 1 is 1.05 bits per heavy atom. The highest BCUT2D eigenvalue weighted by molar-refractivity contribution is 5.69. The van der Waals surface area contributed by atoms with E-state index in [9.17, 15) is 4.79 Å². The molecule has 0 bridgehead atoms. The number of rotatable bonds is 3. The molecule has 1 aliphatic heterocycles. The highest BCUT2D eigenvalue weighted by atomic mass is 16.6. The quantitative estimate of drug-likeness (QED) is 0.915. The van der Waals surface area contributed by atoms with E-state index in [1.807, 2.05) is 54.6 Å². The van der Waals surface area contributed by atoms with Crippen LogP contribution in [0.5, 0.6) is 11.5 Å². The molecule has 96 valence electrons. The van der Waals surface area contributed by atoms with E-state index >= 15 is 0 Å². The van der Waals surface area contributed by atoms with Gasteiger partial charge in [-0.3, -0.25) is 0 Å². The van der Waals surface area contributed by atoms with E-state index in [1.165, 1.54) is 0 Å². The number of carbonyl (C=O) groups is 1. The molecule has 3 rings (SSSR count). The maximum atomic E-state index is 11.0. The SMILES string of the molecule is O=C1NCC(c2cccc(Oc3ccccc3)c2)O1. The molecule has 0 aliphatic carbocycles. The van der Waals surface area contributed by atoms with Crippen LogP contribution in [0, 0.1) is 0 Å². The third kappa shape index (κ3) is 2.68. The van der Waals surface area contributed by atoms with E-state index < -0.39 is 0 Å². The van der Waals surface area contributed by atoms with Crippen LogP contribution in [-0.4, -0.2) is 12.6 Å². The van der Waals surface area contributed by atoms with E-state index in [1.54, 1.807) is 0 Å². The van der Waals surface area contributed by atoms with Crippen molar-refractivity contribution >= 4 is 6.09 Å². The molecule has 0 radical (unpaired) electrons. The van der Waals surface area contributed by atoms with Gasteiger partial charge < -0.3 is 14.8 Å². The van der Waals surface area contributed by atoms with Crippen LogP contribution >= 0.6 is 0 Å². The molecule has 0 aromatic heterocycles. The summed E-state index contributed by atoms with van der Waals surface area (Å²) in [5.74, 6) is 1.51. The summed E-state index contributed by atoms with van der Waals surface area (Å²) in [6, 6.07) is 17.1. The number of cyclic esters (lactones) is 1. The van der Waals surface area contributed by atoms with Gasteiger partial charge in [-0.15, -0.1) is 0 Å². The van der Waals surface area contributed by atoms with Crippen molar-refractivity contribution in [3.05, 3.63) is 60.2 Å². The molecule has 1 aliphatic rings. The van der Waals surface area contributed by atoms with Gasteiger partial charge in [0.1, 0.15) is 17.6 Å². The van der Waals surface area contributed by atoms with Gasteiger partial charge in [-0.1, -0.05) is 30.3 Å². The van der Waals surface area contributed by atoms with Gasteiger partial charge in [0.2, 0.25) is 0 Å². The lowest BCUT2D eigenvalue weighted by Gasteiger charge is -2.10. The minimum Gasteiger partial charge on any atom is -0.457 e. The summed E-state index contributed by atoms with van der Waals surface area (Å²) in [5, 5.41) is 2.64. The number of nitrogens with one attached hydrogen (secondary N) is 1. The maximum absolute atomic E-state index is 11.0. The second kappa shape index (κ2) is 5.02. The standard InChI is InChI=1S/C15H13NO3/c17-15-16-10-14(19-15)11-5-4-8-13(9-11)18-12-6-2-1-3-7-12/h1-9,14H,10H2,(H,16,17). The zero-order chi connectivity index (χ0) is 13.1. The summed E-state index contributed by atoms with van der Waals surface area (Å²) in [4.78, 5) is 11.0. The summed E-state index contributed by atoms with van der Waals surface area (Å²) in [6.07, 6.45) is -0.619. The molecule has 2 aromatic carbocycles. The first-order valence-corrected chi connectivity index (χ1v) is 6.08. The fourth-order valence-corrected chi connectivity index (χ4v) is 1.98. The molecule has 1 heterocycles. The summed E-state index contributed by atoms with van der Waals surface area (Å²) < 4.78 is 10.9. The third-order valence-electron chi connectivity index (χ3n) is 2.89. The van der Waals surface area contributed by atoms with Gasteiger partial charge in [-0.25, -0.2) is 4.79 Å². The Balaban J connectivity index is 1.78. The lowest BCUT2D eigenvalue weighted by molar-refractivity contribution is 0.141. The Hall–Kier alpha value is -2.49.